The van der Waals surface area contributed by atoms with Crippen LogP contribution < -0.4 is 0 Å². The van der Waals surface area contributed by atoms with Crippen LogP contribution in [0.2, 0.25) is 0 Å². The van der Waals surface area contributed by atoms with Crippen LogP contribution in [0.1, 0.15) is 235 Å². The molecule has 5 nitrogen and oxygen atoms in total. The Morgan fingerprint density at radius 1 is 0.324 bits per heavy atom. The normalized spacial score (nSPS) is 34.1. The fourth-order valence-electron chi connectivity index (χ4n) is 15.3. The van der Waals surface area contributed by atoms with Crippen molar-refractivity contribution < 1.29 is 24.0 Å². The zero-order chi connectivity index (χ0) is 53.1. The number of rotatable bonds is 26. The van der Waals surface area contributed by atoms with Gasteiger partial charge in [-0.25, -0.2) is 0 Å². The van der Waals surface area contributed by atoms with Gasteiger partial charge in [0.1, 0.15) is 28.9 Å². The zero-order valence-corrected chi connectivity index (χ0v) is 48.5. The van der Waals surface area contributed by atoms with Crippen LogP contribution in [0, 0.1) is 107 Å². The average molecular weight is 1020 g/mol. The van der Waals surface area contributed by atoms with Gasteiger partial charge in [-0.05, 0) is 154 Å². The number of hydrogen-bond donors (Lipinski definition) is 0. The van der Waals surface area contributed by atoms with E-state index in [4.69, 9.17) is 0 Å². The van der Waals surface area contributed by atoms with Gasteiger partial charge in [0, 0.05) is 61.7 Å². The minimum Gasteiger partial charge on any atom is -0.299 e. The van der Waals surface area contributed by atoms with Gasteiger partial charge in [-0.1, -0.05) is 187 Å². The van der Waals surface area contributed by atoms with Crippen LogP contribution in [-0.2, 0) is 24.0 Å². The van der Waals surface area contributed by atoms with E-state index in [0.717, 1.165) is 113 Å². The number of unbranched alkanes of at least 4 members (excludes halogenated alkanes) is 6. The zero-order valence-electron chi connectivity index (χ0n) is 48.5. The number of allylic oxidation sites excluding steroid dienone is 10. The second-order valence-corrected chi connectivity index (χ2v) is 26.3. The molecule has 0 aromatic heterocycles. The maximum absolute atomic E-state index is 12.2. The van der Waals surface area contributed by atoms with Gasteiger partial charge in [-0.3, -0.25) is 24.0 Å². The first-order chi connectivity index (χ1) is 35.7. The maximum Gasteiger partial charge on any atom is 0.136 e. The van der Waals surface area contributed by atoms with Crippen molar-refractivity contribution in [2.45, 2.75) is 235 Å². The van der Waals surface area contributed by atoms with Crippen molar-refractivity contribution in [2.75, 3.05) is 0 Å². The van der Waals surface area contributed by atoms with E-state index in [-0.39, 0.29) is 0 Å². The minimum atomic E-state index is 0.374. The topological polar surface area (TPSA) is 85.3 Å². The van der Waals surface area contributed by atoms with Gasteiger partial charge in [-0.2, -0.15) is 0 Å². The summed E-state index contributed by atoms with van der Waals surface area (Å²) in [6.07, 6.45) is 54.7. The summed E-state index contributed by atoms with van der Waals surface area (Å²) in [5.74, 6) is 13.0. The van der Waals surface area contributed by atoms with Crippen LogP contribution in [0.5, 0.6) is 0 Å². The molecule has 10 aliphatic carbocycles. The molecule has 0 aromatic carbocycles. The monoisotopic (exact) mass is 1020 g/mol. The Morgan fingerprint density at radius 3 is 0.905 bits per heavy atom. The molecule has 5 fully saturated rings. The van der Waals surface area contributed by atoms with Crippen molar-refractivity contribution in [2.24, 2.45) is 107 Å². The van der Waals surface area contributed by atoms with Gasteiger partial charge in [0.2, 0.25) is 0 Å². The molecule has 5 heteroatoms. The number of carbonyl (C=O) groups excluding carboxylic acids is 5. The molecule has 0 amide bonds. The maximum atomic E-state index is 12.2. The number of hydrogen-bond acceptors (Lipinski definition) is 5. The molecule has 0 aromatic rings. The third-order valence-corrected chi connectivity index (χ3v) is 19.9. The summed E-state index contributed by atoms with van der Waals surface area (Å²) < 4.78 is 0. The van der Waals surface area contributed by atoms with Crippen molar-refractivity contribution in [3.05, 3.63) is 60.8 Å². The third-order valence-electron chi connectivity index (χ3n) is 19.9. The van der Waals surface area contributed by atoms with E-state index >= 15 is 0 Å². The van der Waals surface area contributed by atoms with E-state index in [0.29, 0.717) is 106 Å². The van der Waals surface area contributed by atoms with Gasteiger partial charge in [0.05, 0.1) is 0 Å². The first-order valence-corrected chi connectivity index (χ1v) is 31.8. The molecule has 0 spiro atoms. The molecule has 10 aliphatic rings. The fraction of sp³-hybridized carbons (Fsp3) is 0.783. The van der Waals surface area contributed by atoms with Crippen molar-refractivity contribution in [1.82, 2.24) is 0 Å². The summed E-state index contributed by atoms with van der Waals surface area (Å²) in [6, 6.07) is 0. The van der Waals surface area contributed by atoms with Gasteiger partial charge in [-0.15, -0.1) is 0 Å². The smallest absolute Gasteiger partial charge is 0.136 e. The van der Waals surface area contributed by atoms with Crippen LogP contribution in [0.3, 0.4) is 0 Å². The molecule has 0 saturated heterocycles. The van der Waals surface area contributed by atoms with E-state index in [2.05, 4.69) is 116 Å². The quantitative estimate of drug-likeness (QED) is 0.0636. The minimum absolute atomic E-state index is 0.374. The molecule has 18 atom stereocenters. The lowest BCUT2D eigenvalue weighted by molar-refractivity contribution is -0.125. The SMILES string of the molecule is CCC(C)CC(=O)C1CC2C=CC1C2.CCCC(C)CC(=O)C1CC2C=CC1C2.CCCCC(C)CC(=O)C1CC2C=CC1C2.CCCCCC(=O)C1CC2C=CC1C2.CCCCCCC(=O)C1CC2C=CC1C2. The van der Waals surface area contributed by atoms with E-state index < -0.39 is 0 Å². The molecular weight excluding hydrogens is 909 g/mol. The van der Waals surface area contributed by atoms with Gasteiger partial charge in [0.15, 0.2) is 0 Å². The second-order valence-electron chi connectivity index (χ2n) is 26.3. The van der Waals surface area contributed by atoms with Crippen LogP contribution in [0.15, 0.2) is 60.8 Å². The molecule has 0 heterocycles. The highest BCUT2D eigenvalue weighted by molar-refractivity contribution is 5.84. The number of fused-ring (bicyclic) bond motifs is 10. The number of ketones is 5. The molecule has 10 bridgehead atoms. The molecular formula is C69H108O5. The fourth-order valence-corrected chi connectivity index (χ4v) is 15.3. The highest BCUT2D eigenvalue weighted by atomic mass is 16.1. The summed E-state index contributed by atoms with van der Waals surface area (Å²) in [5.41, 5.74) is 0. The van der Waals surface area contributed by atoms with E-state index in [1.165, 1.54) is 96.3 Å². The Bertz CT molecular complexity index is 1930. The van der Waals surface area contributed by atoms with Crippen LogP contribution in [0.25, 0.3) is 0 Å². The standard InChI is InChI=1S/C15H24O.2C14H22O.2C13H20O/c1-3-4-5-11(2)8-15(16)14-10-12-6-7-13(14)9-12;1-3-4-10(2)7-14(15)13-9-11-5-6-12(13)8-11;1-2-3-4-5-6-14(15)13-10-11-7-8-12(13)9-11;1-3-9(2)6-13(14)12-8-10-4-5-11(12)7-10;1-2-3-4-5-13(14)12-9-10-6-7-11(12)8-10/h6-7,11-14H,3-5,8-10H2,1-2H3;5-6,10-13H,3-4,7-9H2,1-2H3;7-8,11-13H,2-6,9-10H2,1H3;4-5,9-12H,3,6-8H2,1-2H3;6-7,10-12H,2-5,8-9H2,1H3. The summed E-state index contributed by atoms with van der Waals surface area (Å²) in [4.78, 5) is 60.1. The predicted molar refractivity (Wildman–Crippen MR) is 308 cm³/mol. The van der Waals surface area contributed by atoms with Gasteiger partial charge in [0.25, 0.3) is 0 Å². The second kappa shape index (κ2) is 30.8. The van der Waals surface area contributed by atoms with E-state index in [1.54, 1.807) is 0 Å². The largest absolute Gasteiger partial charge is 0.299 e. The lowest BCUT2D eigenvalue weighted by Crippen LogP contribution is -2.20. The average Bonchev–Trinajstić information content (AvgIpc) is 4.26. The third kappa shape index (κ3) is 17.8. The first-order valence-electron chi connectivity index (χ1n) is 31.8. The number of carbonyl (C=O) groups is 5. The Kier molecular flexibility index (Phi) is 25.1. The predicted octanol–water partition coefficient (Wildman–Crippen LogP) is 17.9. The lowest BCUT2D eigenvalue weighted by atomic mass is 9.85. The summed E-state index contributed by atoms with van der Waals surface area (Å²) in [6.45, 7) is 17.6. The van der Waals surface area contributed by atoms with Crippen molar-refractivity contribution in [3.8, 4) is 0 Å². The van der Waals surface area contributed by atoms with Crippen LogP contribution >= 0.6 is 0 Å². The van der Waals surface area contributed by atoms with Crippen molar-refractivity contribution in [3.63, 3.8) is 0 Å². The van der Waals surface area contributed by atoms with Crippen molar-refractivity contribution >= 4 is 28.9 Å². The Morgan fingerprint density at radius 2 is 0.622 bits per heavy atom. The van der Waals surface area contributed by atoms with Crippen LogP contribution in [-0.4, -0.2) is 28.9 Å². The highest BCUT2D eigenvalue weighted by Crippen LogP contribution is 2.48. The Labute approximate surface area is 453 Å². The molecule has 74 heavy (non-hydrogen) atoms. The van der Waals surface area contributed by atoms with E-state index in [9.17, 15) is 24.0 Å². The Hall–Kier alpha value is -2.95. The first kappa shape index (κ1) is 60.3. The molecule has 0 aliphatic heterocycles. The summed E-state index contributed by atoms with van der Waals surface area (Å²) >= 11 is 0. The Balaban J connectivity index is 0.000000151. The van der Waals surface area contributed by atoms with Gasteiger partial charge < -0.3 is 0 Å². The molecule has 5 saturated carbocycles. The highest BCUT2D eigenvalue weighted by Gasteiger charge is 2.43. The molecule has 0 radical (unpaired) electrons. The summed E-state index contributed by atoms with van der Waals surface area (Å²) in [5, 5.41) is 0. The molecule has 10 rings (SSSR count). The molecule has 0 N–H and O–H groups in total. The molecule has 414 valence electrons. The molecule has 18 unspecified atom stereocenters. The lowest BCUT2D eigenvalue weighted by Gasteiger charge is -2.19. The van der Waals surface area contributed by atoms with Gasteiger partial charge >= 0.3 is 0 Å². The number of Topliss-reactive ketones (excluding diaryl/α,β-unsaturated/α-hetero) is 5. The van der Waals surface area contributed by atoms with E-state index in [1.807, 2.05) is 0 Å². The van der Waals surface area contributed by atoms with Crippen molar-refractivity contribution in [1.29, 1.82) is 0 Å². The van der Waals surface area contributed by atoms with Crippen LogP contribution in [0.4, 0.5) is 0 Å². The summed E-state index contributed by atoms with van der Waals surface area (Å²) in [7, 11) is 0.